The number of nitrogens with zero attached hydrogens (tertiary/aromatic N) is 2. The number of hydrogen-bond donors (Lipinski definition) is 1. The van der Waals surface area contributed by atoms with Crippen LogP contribution in [0.25, 0.3) is 11.1 Å². The first-order chi connectivity index (χ1) is 10.2. The van der Waals surface area contributed by atoms with Gasteiger partial charge >= 0.3 is 0 Å². The van der Waals surface area contributed by atoms with Gasteiger partial charge in [0.2, 0.25) is 5.88 Å². The van der Waals surface area contributed by atoms with E-state index in [9.17, 15) is 9.90 Å². The summed E-state index contributed by atoms with van der Waals surface area (Å²) in [6.07, 6.45) is 0.866. The van der Waals surface area contributed by atoms with Crippen LogP contribution in [0.1, 0.15) is 18.9 Å². The summed E-state index contributed by atoms with van der Waals surface area (Å²) in [5, 5.41) is 10.3. The summed E-state index contributed by atoms with van der Waals surface area (Å²) in [5.74, 6) is 6.31. The van der Waals surface area contributed by atoms with Crippen molar-refractivity contribution in [1.29, 1.82) is 0 Å². The molecule has 0 fully saturated rings. The Balaban J connectivity index is 2.21. The summed E-state index contributed by atoms with van der Waals surface area (Å²) in [5.41, 5.74) is 1.51. The zero-order chi connectivity index (χ0) is 15.0. The molecular weight excluding hydrogens is 268 g/mol. The normalized spacial score (nSPS) is 12.7. The van der Waals surface area contributed by atoms with Crippen molar-refractivity contribution in [2.24, 2.45) is 0 Å². The van der Waals surface area contributed by atoms with E-state index in [0.29, 0.717) is 30.0 Å². The Labute approximate surface area is 122 Å². The van der Waals surface area contributed by atoms with Crippen molar-refractivity contribution in [2.45, 2.75) is 26.4 Å². The topological polar surface area (TPSA) is 56.4 Å². The number of benzene rings is 1. The van der Waals surface area contributed by atoms with Crippen molar-refractivity contribution in [1.82, 2.24) is 9.36 Å². The largest absolute Gasteiger partial charge is 0.496 e. The van der Waals surface area contributed by atoms with Crippen LogP contribution in [0, 0.1) is 11.8 Å². The third kappa shape index (κ3) is 2.00. The van der Waals surface area contributed by atoms with E-state index in [1.54, 1.807) is 35.5 Å². The average Bonchev–Trinajstić information content (AvgIpc) is 3.05. The molecule has 0 atom stereocenters. The second-order valence-electron chi connectivity index (χ2n) is 4.89. The van der Waals surface area contributed by atoms with Crippen molar-refractivity contribution < 1.29 is 9.84 Å². The zero-order valence-electron chi connectivity index (χ0n) is 12.0. The summed E-state index contributed by atoms with van der Waals surface area (Å²) in [4.78, 5) is 12.5. The van der Waals surface area contributed by atoms with Crippen LogP contribution in [0.2, 0.25) is 0 Å². The highest BCUT2D eigenvalue weighted by molar-refractivity contribution is 5.75. The second kappa shape index (κ2) is 5.06. The minimum atomic E-state index is -0.183. The first-order valence-electron chi connectivity index (χ1n) is 6.81. The highest BCUT2D eigenvalue weighted by Crippen LogP contribution is 2.35. The lowest BCUT2D eigenvalue weighted by Crippen LogP contribution is -2.17. The number of aromatic nitrogens is 2. The number of rotatable bonds is 2. The van der Waals surface area contributed by atoms with E-state index in [2.05, 4.69) is 11.8 Å². The fraction of sp³-hybridized carbons (Fsp3) is 0.312. The minimum Gasteiger partial charge on any atom is -0.496 e. The van der Waals surface area contributed by atoms with Crippen molar-refractivity contribution in [3.63, 3.8) is 0 Å². The summed E-state index contributed by atoms with van der Waals surface area (Å²) in [6, 6.07) is 5.37. The van der Waals surface area contributed by atoms with Crippen LogP contribution < -0.4 is 10.3 Å². The molecule has 21 heavy (non-hydrogen) atoms. The number of methoxy groups -OCH3 is 1. The maximum atomic E-state index is 12.5. The van der Waals surface area contributed by atoms with E-state index >= 15 is 0 Å². The molecule has 0 saturated carbocycles. The van der Waals surface area contributed by atoms with Crippen LogP contribution >= 0.6 is 0 Å². The molecule has 0 spiro atoms. The molecular formula is C16H16N2O3. The van der Waals surface area contributed by atoms with Gasteiger partial charge in [-0.25, -0.2) is 4.68 Å². The molecule has 0 bridgehead atoms. The minimum absolute atomic E-state index is 0.00475. The van der Waals surface area contributed by atoms with Crippen LogP contribution in [0.15, 0.2) is 23.0 Å². The molecule has 0 unspecified atom stereocenters. The Kier molecular flexibility index (Phi) is 3.22. The van der Waals surface area contributed by atoms with Gasteiger partial charge in [-0.3, -0.25) is 9.48 Å². The number of aromatic hydroxyl groups is 1. The van der Waals surface area contributed by atoms with Gasteiger partial charge < -0.3 is 9.84 Å². The molecule has 0 amide bonds. The molecule has 3 rings (SSSR count). The molecule has 2 aromatic rings. The molecule has 2 heterocycles. The maximum Gasteiger partial charge on any atom is 0.278 e. The smallest absolute Gasteiger partial charge is 0.278 e. The molecule has 1 N–H and O–H groups in total. The van der Waals surface area contributed by atoms with E-state index in [0.717, 1.165) is 12.0 Å². The number of hydrogen-bond acceptors (Lipinski definition) is 3. The first kappa shape index (κ1) is 13.4. The molecule has 0 aliphatic carbocycles. The lowest BCUT2D eigenvalue weighted by Gasteiger charge is -2.08. The van der Waals surface area contributed by atoms with E-state index < -0.39 is 0 Å². The van der Waals surface area contributed by atoms with Gasteiger partial charge in [0.25, 0.3) is 5.56 Å². The van der Waals surface area contributed by atoms with Gasteiger partial charge in [-0.05, 0) is 31.5 Å². The third-order valence-corrected chi connectivity index (χ3v) is 3.69. The van der Waals surface area contributed by atoms with Crippen LogP contribution in [0.4, 0.5) is 0 Å². The summed E-state index contributed by atoms with van der Waals surface area (Å²) in [7, 11) is 1.54. The van der Waals surface area contributed by atoms with Crippen LogP contribution in [-0.2, 0) is 13.1 Å². The molecule has 5 nitrogen and oxygen atoms in total. The predicted molar refractivity (Wildman–Crippen MR) is 79.5 cm³/mol. The van der Waals surface area contributed by atoms with Crippen molar-refractivity contribution in [3.05, 3.63) is 34.1 Å². The number of fused-ring (bicyclic) bond motifs is 1. The Morgan fingerprint density at radius 1 is 1.29 bits per heavy atom. The van der Waals surface area contributed by atoms with Gasteiger partial charge in [-0.15, -0.1) is 5.92 Å². The van der Waals surface area contributed by atoms with Crippen LogP contribution in [0.5, 0.6) is 11.6 Å². The second-order valence-corrected chi connectivity index (χ2v) is 4.89. The number of ether oxygens (including phenoxy) is 1. The van der Waals surface area contributed by atoms with Crippen molar-refractivity contribution in [2.75, 3.05) is 7.11 Å². The zero-order valence-corrected chi connectivity index (χ0v) is 12.0. The SMILES string of the molecule is CC#Cc1ccc(-c2c(O)n3n(c2=O)CCC3)c(OC)c1. The van der Waals surface area contributed by atoms with Gasteiger partial charge in [0.1, 0.15) is 11.3 Å². The van der Waals surface area contributed by atoms with Gasteiger partial charge in [0, 0.05) is 24.2 Å². The Bertz CT molecular complexity index is 819. The summed E-state index contributed by atoms with van der Waals surface area (Å²) >= 11 is 0. The summed E-state index contributed by atoms with van der Waals surface area (Å²) in [6.45, 7) is 3.05. The Morgan fingerprint density at radius 2 is 2.05 bits per heavy atom. The average molecular weight is 284 g/mol. The predicted octanol–water partition coefficient (Wildman–Crippen LogP) is 1.81. The van der Waals surface area contributed by atoms with Crippen molar-refractivity contribution in [3.8, 4) is 34.6 Å². The fourth-order valence-electron chi connectivity index (χ4n) is 2.75. The van der Waals surface area contributed by atoms with Crippen LogP contribution in [0.3, 0.4) is 0 Å². The lowest BCUT2D eigenvalue weighted by molar-refractivity contribution is 0.398. The molecule has 0 saturated heterocycles. The van der Waals surface area contributed by atoms with E-state index in [1.807, 2.05) is 6.07 Å². The molecule has 108 valence electrons. The quantitative estimate of drug-likeness (QED) is 0.856. The molecule has 1 aliphatic rings. The van der Waals surface area contributed by atoms with Gasteiger partial charge in [-0.1, -0.05) is 5.92 Å². The molecule has 5 heteroatoms. The van der Waals surface area contributed by atoms with Crippen molar-refractivity contribution >= 4 is 0 Å². The molecule has 1 aromatic heterocycles. The summed E-state index contributed by atoms with van der Waals surface area (Å²) < 4.78 is 8.56. The lowest BCUT2D eigenvalue weighted by atomic mass is 10.0. The maximum absolute atomic E-state index is 12.5. The first-order valence-corrected chi connectivity index (χ1v) is 6.81. The molecule has 0 radical (unpaired) electrons. The Hall–Kier alpha value is -2.61. The standard InChI is InChI=1S/C16H16N2O3/c1-3-5-11-6-7-12(13(10-11)21-2)14-15(19)17-8-4-9-18(17)16(14)20/h6-7,10,19H,4,8-9H2,1-2H3. The van der Waals surface area contributed by atoms with Gasteiger partial charge in [0.05, 0.1) is 7.11 Å². The van der Waals surface area contributed by atoms with E-state index in [1.165, 1.54) is 0 Å². The van der Waals surface area contributed by atoms with E-state index in [4.69, 9.17) is 4.74 Å². The molecule has 1 aromatic carbocycles. The van der Waals surface area contributed by atoms with Crippen LogP contribution in [-0.4, -0.2) is 21.6 Å². The Morgan fingerprint density at radius 3 is 2.71 bits per heavy atom. The van der Waals surface area contributed by atoms with Gasteiger partial charge in [-0.2, -0.15) is 0 Å². The highest BCUT2D eigenvalue weighted by atomic mass is 16.5. The monoisotopic (exact) mass is 284 g/mol. The third-order valence-electron chi connectivity index (χ3n) is 3.69. The molecule has 1 aliphatic heterocycles. The van der Waals surface area contributed by atoms with E-state index in [-0.39, 0.29) is 11.4 Å². The highest BCUT2D eigenvalue weighted by Gasteiger charge is 2.25. The fourth-order valence-corrected chi connectivity index (χ4v) is 2.75. The van der Waals surface area contributed by atoms with Gasteiger partial charge in [0.15, 0.2) is 0 Å².